The van der Waals surface area contributed by atoms with E-state index in [0.717, 1.165) is 0 Å². The van der Waals surface area contributed by atoms with Crippen LogP contribution in [-0.2, 0) is 10.9 Å². The summed E-state index contributed by atoms with van der Waals surface area (Å²) < 4.78 is 83.2. The van der Waals surface area contributed by atoms with Crippen molar-refractivity contribution in [3.05, 3.63) is 22.2 Å². The number of aliphatic hydroxyl groups excluding tert-OH is 1. The van der Waals surface area contributed by atoms with E-state index in [1.807, 2.05) is 0 Å². The van der Waals surface area contributed by atoms with E-state index in [1.165, 1.54) is 0 Å². The number of alkyl halides is 6. The molecular formula is C10H9F6N3O3. The smallest absolute Gasteiger partial charge is 0.394 e. The summed E-state index contributed by atoms with van der Waals surface area (Å²) in [5.41, 5.74) is 1.72. The van der Waals surface area contributed by atoms with Crippen LogP contribution in [0.4, 0.5) is 32.2 Å². The average molecular weight is 333 g/mol. The SMILES string of the molecule is Nc1nc(=O)n(C2OC(CO)C(F)C2(F)F)cc1C(F)(F)F. The van der Waals surface area contributed by atoms with Gasteiger partial charge in [0.05, 0.1) is 6.61 Å². The van der Waals surface area contributed by atoms with Gasteiger partial charge >= 0.3 is 17.8 Å². The molecule has 22 heavy (non-hydrogen) atoms. The lowest BCUT2D eigenvalue weighted by molar-refractivity contribution is -0.142. The van der Waals surface area contributed by atoms with E-state index in [0.29, 0.717) is 0 Å². The molecular weight excluding hydrogens is 324 g/mol. The van der Waals surface area contributed by atoms with Gasteiger partial charge in [-0.1, -0.05) is 0 Å². The summed E-state index contributed by atoms with van der Waals surface area (Å²) in [6, 6.07) is 0. The topological polar surface area (TPSA) is 90.4 Å². The van der Waals surface area contributed by atoms with Gasteiger partial charge < -0.3 is 15.6 Å². The van der Waals surface area contributed by atoms with E-state index in [9.17, 15) is 31.1 Å². The van der Waals surface area contributed by atoms with Crippen molar-refractivity contribution in [2.45, 2.75) is 30.6 Å². The summed E-state index contributed by atoms with van der Waals surface area (Å²) in [5, 5.41) is 8.73. The van der Waals surface area contributed by atoms with Gasteiger partial charge in [0, 0.05) is 6.20 Å². The van der Waals surface area contributed by atoms with Gasteiger partial charge in [0.2, 0.25) is 6.23 Å². The molecule has 0 amide bonds. The minimum absolute atomic E-state index is 0.0181. The normalized spacial score (nSPS) is 28.0. The molecule has 1 aliphatic heterocycles. The number of halogens is 6. The minimum atomic E-state index is -5.06. The number of hydrogen-bond acceptors (Lipinski definition) is 5. The number of anilines is 1. The highest BCUT2D eigenvalue weighted by Gasteiger charge is 2.61. The van der Waals surface area contributed by atoms with Gasteiger partial charge in [-0.3, -0.25) is 4.57 Å². The predicted molar refractivity (Wildman–Crippen MR) is 58.8 cm³/mol. The first kappa shape index (κ1) is 16.5. The summed E-state index contributed by atoms with van der Waals surface area (Å²) in [6.07, 6.45) is -12.7. The molecule has 6 nitrogen and oxygen atoms in total. The Kier molecular flexibility index (Phi) is 3.85. The first-order valence-electron chi connectivity index (χ1n) is 5.74. The molecule has 1 fully saturated rings. The van der Waals surface area contributed by atoms with Crippen LogP contribution in [0.1, 0.15) is 11.8 Å². The highest BCUT2D eigenvalue weighted by molar-refractivity contribution is 5.39. The number of nitrogens with zero attached hydrogens (tertiary/aromatic N) is 2. The Morgan fingerprint density at radius 2 is 2.05 bits per heavy atom. The maximum atomic E-state index is 13.7. The van der Waals surface area contributed by atoms with E-state index in [4.69, 9.17) is 10.8 Å². The number of rotatable bonds is 2. The van der Waals surface area contributed by atoms with Gasteiger partial charge in [0.25, 0.3) is 0 Å². The third-order valence-electron chi connectivity index (χ3n) is 3.05. The molecule has 1 aliphatic rings. The number of aliphatic hydroxyl groups is 1. The zero-order chi connectivity index (χ0) is 16.9. The van der Waals surface area contributed by atoms with Gasteiger partial charge in [-0.05, 0) is 0 Å². The molecule has 0 aromatic carbocycles. The van der Waals surface area contributed by atoms with E-state index in [2.05, 4.69) is 9.72 Å². The average Bonchev–Trinajstić information content (AvgIpc) is 2.60. The molecule has 0 spiro atoms. The molecule has 1 aromatic rings. The number of hydrogen-bond donors (Lipinski definition) is 2. The highest BCUT2D eigenvalue weighted by Crippen LogP contribution is 2.44. The second-order valence-corrected chi connectivity index (χ2v) is 4.51. The second kappa shape index (κ2) is 5.12. The molecule has 0 radical (unpaired) electrons. The predicted octanol–water partition coefficient (Wildman–Crippen LogP) is 0.707. The molecule has 12 heteroatoms. The Bertz CT molecular complexity index is 631. The third kappa shape index (κ3) is 2.52. The van der Waals surface area contributed by atoms with Gasteiger partial charge in [-0.2, -0.15) is 26.9 Å². The maximum absolute atomic E-state index is 13.7. The zero-order valence-corrected chi connectivity index (χ0v) is 10.5. The summed E-state index contributed by atoms with van der Waals surface area (Å²) >= 11 is 0. The minimum Gasteiger partial charge on any atom is -0.394 e. The Morgan fingerprint density at radius 1 is 1.45 bits per heavy atom. The van der Waals surface area contributed by atoms with Crippen molar-refractivity contribution in [1.29, 1.82) is 0 Å². The van der Waals surface area contributed by atoms with Crippen LogP contribution in [0.15, 0.2) is 11.0 Å². The van der Waals surface area contributed by atoms with E-state index >= 15 is 0 Å². The monoisotopic (exact) mass is 333 g/mol. The Labute approximate surface area is 118 Å². The molecule has 124 valence electrons. The summed E-state index contributed by atoms with van der Waals surface area (Å²) in [5.74, 6) is -5.54. The fraction of sp³-hybridized carbons (Fsp3) is 0.600. The van der Waals surface area contributed by atoms with Crippen molar-refractivity contribution in [3.8, 4) is 0 Å². The lowest BCUT2D eigenvalue weighted by Gasteiger charge is -2.21. The lowest BCUT2D eigenvalue weighted by atomic mass is 10.1. The third-order valence-corrected chi connectivity index (χ3v) is 3.05. The maximum Gasteiger partial charge on any atom is 0.421 e. The van der Waals surface area contributed by atoms with Crippen LogP contribution in [-0.4, -0.2) is 39.5 Å². The van der Waals surface area contributed by atoms with Crippen molar-refractivity contribution in [2.24, 2.45) is 0 Å². The Hall–Kier alpha value is -1.82. The summed E-state index contributed by atoms with van der Waals surface area (Å²) in [7, 11) is 0. The molecule has 3 unspecified atom stereocenters. The van der Waals surface area contributed by atoms with Crippen LogP contribution < -0.4 is 11.4 Å². The molecule has 0 saturated carbocycles. The first-order valence-corrected chi connectivity index (χ1v) is 5.74. The number of nitrogens with two attached hydrogens (primary N) is 1. The molecule has 0 aliphatic carbocycles. The van der Waals surface area contributed by atoms with Crippen molar-refractivity contribution in [1.82, 2.24) is 9.55 Å². The van der Waals surface area contributed by atoms with Gasteiger partial charge in [0.15, 0.2) is 6.17 Å². The molecule has 3 atom stereocenters. The summed E-state index contributed by atoms with van der Waals surface area (Å²) in [4.78, 5) is 14.3. The van der Waals surface area contributed by atoms with Crippen LogP contribution in [0.25, 0.3) is 0 Å². The van der Waals surface area contributed by atoms with Crippen molar-refractivity contribution >= 4 is 5.82 Å². The number of ether oxygens (including phenoxy) is 1. The molecule has 3 N–H and O–H groups in total. The molecule has 1 aromatic heterocycles. The van der Waals surface area contributed by atoms with E-state index < -0.39 is 54.3 Å². The van der Waals surface area contributed by atoms with Crippen molar-refractivity contribution in [2.75, 3.05) is 12.3 Å². The van der Waals surface area contributed by atoms with Gasteiger partial charge in [-0.15, -0.1) is 0 Å². The lowest BCUT2D eigenvalue weighted by Crippen LogP contribution is -2.40. The van der Waals surface area contributed by atoms with Crippen molar-refractivity contribution < 1.29 is 36.2 Å². The first-order chi connectivity index (χ1) is 10.00. The number of nitrogen functional groups attached to an aromatic ring is 1. The zero-order valence-electron chi connectivity index (χ0n) is 10.5. The second-order valence-electron chi connectivity index (χ2n) is 4.51. The Morgan fingerprint density at radius 3 is 2.50 bits per heavy atom. The molecule has 2 heterocycles. The van der Waals surface area contributed by atoms with Gasteiger partial charge in [0.1, 0.15) is 17.5 Å². The van der Waals surface area contributed by atoms with E-state index in [-0.39, 0.29) is 10.8 Å². The van der Waals surface area contributed by atoms with Crippen LogP contribution in [0.2, 0.25) is 0 Å². The molecule has 2 rings (SSSR count). The standard InChI is InChI=1S/C10H9F6N3O3/c11-5-4(2-20)22-7(9(5,12)13)19-1-3(10(14,15)16)6(17)18-8(19)21/h1,4-5,7,20H,2H2,(H2,17,18,21). The fourth-order valence-electron chi connectivity index (χ4n) is 1.96. The van der Waals surface area contributed by atoms with E-state index in [1.54, 1.807) is 0 Å². The quantitative estimate of drug-likeness (QED) is 0.778. The van der Waals surface area contributed by atoms with Gasteiger partial charge in [-0.25, -0.2) is 9.18 Å². The van der Waals surface area contributed by atoms with Crippen LogP contribution in [0.3, 0.4) is 0 Å². The Balaban J connectivity index is 2.56. The largest absolute Gasteiger partial charge is 0.421 e. The fourth-order valence-corrected chi connectivity index (χ4v) is 1.96. The van der Waals surface area contributed by atoms with Crippen molar-refractivity contribution in [3.63, 3.8) is 0 Å². The number of aromatic nitrogens is 2. The molecule has 1 saturated heterocycles. The van der Waals surface area contributed by atoms with Crippen LogP contribution >= 0.6 is 0 Å². The molecule has 0 bridgehead atoms. The summed E-state index contributed by atoms with van der Waals surface area (Å²) in [6.45, 7) is -1.14. The van der Waals surface area contributed by atoms with Crippen LogP contribution in [0, 0.1) is 0 Å². The highest BCUT2D eigenvalue weighted by atomic mass is 19.4. The van der Waals surface area contributed by atoms with Crippen LogP contribution in [0.5, 0.6) is 0 Å².